The van der Waals surface area contributed by atoms with Gasteiger partial charge in [0.25, 0.3) is 0 Å². The number of halogens is 1. The van der Waals surface area contributed by atoms with Gasteiger partial charge in [-0.2, -0.15) is 0 Å². The molecule has 1 saturated carbocycles. The zero-order valence-electron chi connectivity index (χ0n) is 12.4. The molecule has 1 fully saturated rings. The maximum atomic E-state index is 6.25. The van der Waals surface area contributed by atoms with E-state index in [1.807, 2.05) is 0 Å². The average molecular weight is 337 g/mol. The van der Waals surface area contributed by atoms with Crippen LogP contribution in [0.2, 0.25) is 0 Å². The molecule has 110 valence electrons. The van der Waals surface area contributed by atoms with E-state index < -0.39 is 0 Å². The van der Waals surface area contributed by atoms with Crippen molar-refractivity contribution in [3.63, 3.8) is 0 Å². The number of nitrogens with zero attached hydrogens (tertiary/aromatic N) is 1. The van der Waals surface area contributed by atoms with Gasteiger partial charge in [0.1, 0.15) is 0 Å². The van der Waals surface area contributed by atoms with E-state index in [0.29, 0.717) is 0 Å². The molecule has 0 spiro atoms. The van der Waals surface area contributed by atoms with Gasteiger partial charge in [-0.05, 0) is 67.8 Å². The van der Waals surface area contributed by atoms with Gasteiger partial charge >= 0.3 is 0 Å². The van der Waals surface area contributed by atoms with Gasteiger partial charge in [0.2, 0.25) is 0 Å². The van der Waals surface area contributed by atoms with E-state index in [-0.39, 0.29) is 5.54 Å². The van der Waals surface area contributed by atoms with Crippen LogP contribution in [0.1, 0.15) is 37.3 Å². The number of benzene rings is 1. The first kappa shape index (κ1) is 14.6. The Morgan fingerprint density at radius 1 is 1.35 bits per heavy atom. The highest BCUT2D eigenvalue weighted by atomic mass is 79.9. The first-order valence-electron chi connectivity index (χ1n) is 7.89. The largest absolute Gasteiger partial charge is 0.329 e. The number of nitrogens with two attached hydrogens (primary N) is 1. The monoisotopic (exact) mass is 336 g/mol. The Kier molecular flexibility index (Phi) is 4.21. The molecule has 2 aliphatic rings. The van der Waals surface area contributed by atoms with Crippen LogP contribution in [0.4, 0.5) is 0 Å². The first-order chi connectivity index (χ1) is 9.66. The Labute approximate surface area is 130 Å². The van der Waals surface area contributed by atoms with Crippen LogP contribution < -0.4 is 5.73 Å². The van der Waals surface area contributed by atoms with Crippen molar-refractivity contribution in [2.75, 3.05) is 19.6 Å². The topological polar surface area (TPSA) is 29.3 Å². The molecular formula is C17H25BrN2. The van der Waals surface area contributed by atoms with Gasteiger partial charge in [-0.25, -0.2) is 0 Å². The number of likely N-dealkylation sites (N-methyl/N-ethyl adjacent to an activating group) is 1. The van der Waals surface area contributed by atoms with Crippen molar-refractivity contribution in [2.24, 2.45) is 11.7 Å². The molecule has 1 aromatic carbocycles. The van der Waals surface area contributed by atoms with E-state index in [4.69, 9.17) is 5.73 Å². The molecule has 0 aliphatic heterocycles. The fraction of sp³-hybridized carbons (Fsp3) is 0.647. The quantitative estimate of drug-likeness (QED) is 0.893. The second kappa shape index (κ2) is 5.78. The molecule has 3 heteroatoms. The van der Waals surface area contributed by atoms with Gasteiger partial charge in [0, 0.05) is 23.1 Å². The minimum atomic E-state index is 0.193. The molecule has 2 nitrogen and oxygen atoms in total. The van der Waals surface area contributed by atoms with Crippen molar-refractivity contribution < 1.29 is 0 Å². The second-order valence-corrected chi connectivity index (χ2v) is 7.42. The molecule has 1 aromatic rings. The third kappa shape index (κ3) is 2.81. The molecule has 3 rings (SSSR count). The molecule has 0 saturated heterocycles. The molecule has 1 atom stereocenters. The summed E-state index contributed by atoms with van der Waals surface area (Å²) in [5.74, 6) is 0.935. The molecule has 0 radical (unpaired) electrons. The Hall–Kier alpha value is -0.380. The van der Waals surface area contributed by atoms with Crippen LogP contribution in [0, 0.1) is 5.92 Å². The number of rotatable bonds is 5. The molecule has 0 heterocycles. The fourth-order valence-corrected chi connectivity index (χ4v) is 4.06. The minimum Gasteiger partial charge on any atom is -0.329 e. The van der Waals surface area contributed by atoms with E-state index in [1.165, 1.54) is 41.4 Å². The SMILES string of the molecule is CCN(CC1CC1)C1(CN)CCc2cc(Br)ccc2C1. The highest BCUT2D eigenvalue weighted by Crippen LogP contribution is 2.37. The average Bonchev–Trinajstić information content (AvgIpc) is 3.28. The van der Waals surface area contributed by atoms with Crippen molar-refractivity contribution in [3.05, 3.63) is 33.8 Å². The number of hydrogen-bond acceptors (Lipinski definition) is 2. The molecule has 2 aliphatic carbocycles. The number of aryl methyl sites for hydroxylation is 1. The predicted molar refractivity (Wildman–Crippen MR) is 87.9 cm³/mol. The van der Waals surface area contributed by atoms with Crippen molar-refractivity contribution >= 4 is 15.9 Å². The summed E-state index contributed by atoms with van der Waals surface area (Å²) in [6.07, 6.45) is 6.31. The lowest BCUT2D eigenvalue weighted by Gasteiger charge is -2.46. The summed E-state index contributed by atoms with van der Waals surface area (Å²) in [6.45, 7) is 5.44. The van der Waals surface area contributed by atoms with Crippen LogP contribution in [-0.4, -0.2) is 30.1 Å². The summed E-state index contributed by atoms with van der Waals surface area (Å²) in [5.41, 5.74) is 9.44. The van der Waals surface area contributed by atoms with Gasteiger partial charge < -0.3 is 5.73 Å². The maximum absolute atomic E-state index is 6.25. The van der Waals surface area contributed by atoms with Gasteiger partial charge in [0.15, 0.2) is 0 Å². The van der Waals surface area contributed by atoms with E-state index in [1.54, 1.807) is 0 Å². The van der Waals surface area contributed by atoms with Crippen LogP contribution in [-0.2, 0) is 12.8 Å². The zero-order valence-corrected chi connectivity index (χ0v) is 14.0. The van der Waals surface area contributed by atoms with Crippen LogP contribution in [0.15, 0.2) is 22.7 Å². The van der Waals surface area contributed by atoms with Gasteiger partial charge in [-0.3, -0.25) is 4.90 Å². The van der Waals surface area contributed by atoms with Gasteiger partial charge in [0.05, 0.1) is 0 Å². The Morgan fingerprint density at radius 2 is 2.15 bits per heavy atom. The third-order valence-electron chi connectivity index (χ3n) is 5.16. The Morgan fingerprint density at radius 3 is 2.80 bits per heavy atom. The second-order valence-electron chi connectivity index (χ2n) is 6.50. The molecule has 0 aromatic heterocycles. The Balaban J connectivity index is 1.84. The molecule has 2 N–H and O–H groups in total. The lowest BCUT2D eigenvalue weighted by Crippen LogP contribution is -2.57. The molecule has 0 bridgehead atoms. The Bertz CT molecular complexity index is 484. The van der Waals surface area contributed by atoms with Crippen LogP contribution in [0.3, 0.4) is 0 Å². The van der Waals surface area contributed by atoms with Gasteiger partial charge in [-0.15, -0.1) is 0 Å². The van der Waals surface area contributed by atoms with Crippen molar-refractivity contribution in [1.29, 1.82) is 0 Å². The van der Waals surface area contributed by atoms with Crippen molar-refractivity contribution in [2.45, 2.75) is 44.6 Å². The predicted octanol–water partition coefficient (Wildman–Crippen LogP) is 3.37. The van der Waals surface area contributed by atoms with Crippen molar-refractivity contribution in [3.8, 4) is 0 Å². The third-order valence-corrected chi connectivity index (χ3v) is 5.65. The van der Waals surface area contributed by atoms with Gasteiger partial charge in [-0.1, -0.05) is 28.9 Å². The normalized spacial score (nSPS) is 25.8. The molecule has 0 amide bonds. The highest BCUT2D eigenvalue weighted by Gasteiger charge is 2.40. The summed E-state index contributed by atoms with van der Waals surface area (Å²) in [5, 5.41) is 0. The number of hydrogen-bond donors (Lipinski definition) is 1. The minimum absolute atomic E-state index is 0.193. The van der Waals surface area contributed by atoms with Crippen LogP contribution >= 0.6 is 15.9 Å². The summed E-state index contributed by atoms with van der Waals surface area (Å²) in [7, 11) is 0. The molecule has 1 unspecified atom stereocenters. The van der Waals surface area contributed by atoms with E-state index >= 15 is 0 Å². The first-order valence-corrected chi connectivity index (χ1v) is 8.68. The lowest BCUT2D eigenvalue weighted by molar-refractivity contribution is 0.0796. The smallest absolute Gasteiger partial charge is 0.0375 e. The molecule has 20 heavy (non-hydrogen) atoms. The van der Waals surface area contributed by atoms with Crippen LogP contribution in [0.25, 0.3) is 0 Å². The lowest BCUT2D eigenvalue weighted by atomic mass is 9.76. The van der Waals surface area contributed by atoms with E-state index in [9.17, 15) is 0 Å². The summed E-state index contributed by atoms with van der Waals surface area (Å²) >= 11 is 3.58. The zero-order chi connectivity index (χ0) is 14.2. The van der Waals surface area contributed by atoms with E-state index in [0.717, 1.165) is 31.8 Å². The maximum Gasteiger partial charge on any atom is 0.0375 e. The summed E-state index contributed by atoms with van der Waals surface area (Å²) < 4.78 is 1.20. The van der Waals surface area contributed by atoms with Crippen molar-refractivity contribution in [1.82, 2.24) is 4.90 Å². The molecular weight excluding hydrogens is 312 g/mol. The number of fused-ring (bicyclic) bond motifs is 1. The van der Waals surface area contributed by atoms with E-state index in [2.05, 4.69) is 46.0 Å². The highest BCUT2D eigenvalue weighted by molar-refractivity contribution is 9.10. The standard InChI is InChI=1S/C17H25BrN2/c1-2-20(11-13-3-4-13)17(12-19)8-7-14-9-16(18)6-5-15(14)10-17/h5-6,9,13H,2-4,7-8,10-12,19H2,1H3. The summed E-state index contributed by atoms with van der Waals surface area (Å²) in [6, 6.07) is 6.74. The summed E-state index contributed by atoms with van der Waals surface area (Å²) in [4.78, 5) is 2.68. The van der Waals surface area contributed by atoms with Crippen LogP contribution in [0.5, 0.6) is 0 Å². The fourth-order valence-electron chi connectivity index (χ4n) is 3.65.